The summed E-state index contributed by atoms with van der Waals surface area (Å²) in [4.78, 5) is 15.7. The van der Waals surface area contributed by atoms with E-state index in [0.717, 1.165) is 45.0 Å². The Kier molecular flexibility index (Phi) is 6.63. The Bertz CT molecular complexity index is 716. The van der Waals surface area contributed by atoms with E-state index in [1.165, 1.54) is 12.5 Å². The van der Waals surface area contributed by atoms with E-state index in [4.69, 9.17) is 9.15 Å². The van der Waals surface area contributed by atoms with Crippen molar-refractivity contribution in [3.05, 3.63) is 65.6 Å². The van der Waals surface area contributed by atoms with Gasteiger partial charge in [0.05, 0.1) is 6.54 Å². The van der Waals surface area contributed by atoms with Crippen molar-refractivity contribution >= 4 is 12.0 Å². The Morgan fingerprint density at radius 1 is 1.04 bits per heavy atom. The van der Waals surface area contributed by atoms with Gasteiger partial charge in [0.25, 0.3) is 0 Å². The van der Waals surface area contributed by atoms with E-state index >= 15 is 0 Å². The molecule has 1 aliphatic heterocycles. The molecule has 0 bridgehead atoms. The van der Waals surface area contributed by atoms with Gasteiger partial charge in [-0.05, 0) is 17.7 Å². The number of nitrogens with zero attached hydrogens (tertiary/aromatic N) is 2. The zero-order valence-corrected chi connectivity index (χ0v) is 15.3. The molecule has 1 aromatic carbocycles. The van der Waals surface area contributed by atoms with Gasteiger partial charge in [0.15, 0.2) is 0 Å². The molecule has 0 aliphatic carbocycles. The van der Waals surface area contributed by atoms with Gasteiger partial charge in [0.2, 0.25) is 0 Å². The van der Waals surface area contributed by atoms with Crippen molar-refractivity contribution in [1.82, 2.24) is 9.80 Å². The van der Waals surface area contributed by atoms with Crippen molar-refractivity contribution in [2.45, 2.75) is 20.1 Å². The Balaban J connectivity index is 1.38. The zero-order chi connectivity index (χ0) is 18.2. The number of piperazine rings is 1. The van der Waals surface area contributed by atoms with Crippen molar-refractivity contribution < 1.29 is 13.9 Å². The van der Waals surface area contributed by atoms with Crippen LogP contribution in [0.15, 0.2) is 53.0 Å². The van der Waals surface area contributed by atoms with Crippen LogP contribution in [0.4, 0.5) is 0 Å². The first-order chi connectivity index (χ1) is 12.7. The molecule has 0 unspecified atom stereocenters. The van der Waals surface area contributed by atoms with Crippen LogP contribution in [-0.2, 0) is 22.7 Å². The lowest BCUT2D eigenvalue weighted by Gasteiger charge is -2.33. The molecular formula is C21H26N2O3. The van der Waals surface area contributed by atoms with E-state index in [1.54, 1.807) is 0 Å². The molecule has 0 amide bonds. The SMILES string of the molecule is CC(=O)OCc1ccc(CN2CCN(CC=Cc3ccccc3)CC2)o1. The largest absolute Gasteiger partial charge is 0.461 e. The third kappa shape index (κ3) is 5.86. The van der Waals surface area contributed by atoms with Gasteiger partial charge >= 0.3 is 5.97 Å². The lowest BCUT2D eigenvalue weighted by molar-refractivity contribution is -0.142. The Hall–Kier alpha value is -2.37. The number of carbonyl (C=O) groups excluding carboxylic acids is 1. The number of rotatable bonds is 7. The van der Waals surface area contributed by atoms with Gasteiger partial charge < -0.3 is 9.15 Å². The molecule has 1 fully saturated rings. The van der Waals surface area contributed by atoms with Gasteiger partial charge in [-0.1, -0.05) is 42.5 Å². The smallest absolute Gasteiger partial charge is 0.303 e. The molecule has 1 aromatic heterocycles. The van der Waals surface area contributed by atoms with Gasteiger partial charge in [0.1, 0.15) is 18.1 Å². The van der Waals surface area contributed by atoms with Crippen LogP contribution < -0.4 is 0 Å². The van der Waals surface area contributed by atoms with Crippen molar-refractivity contribution in [1.29, 1.82) is 0 Å². The summed E-state index contributed by atoms with van der Waals surface area (Å²) in [7, 11) is 0. The normalized spacial score (nSPS) is 16.2. The number of furan rings is 1. The van der Waals surface area contributed by atoms with Gasteiger partial charge in [-0.3, -0.25) is 14.6 Å². The highest BCUT2D eigenvalue weighted by molar-refractivity contribution is 5.65. The van der Waals surface area contributed by atoms with Crippen LogP contribution in [0.5, 0.6) is 0 Å². The fourth-order valence-corrected chi connectivity index (χ4v) is 3.01. The molecule has 0 saturated carbocycles. The summed E-state index contributed by atoms with van der Waals surface area (Å²) in [6.45, 7) is 7.55. The average molecular weight is 354 g/mol. The minimum atomic E-state index is -0.291. The van der Waals surface area contributed by atoms with Gasteiger partial charge in [-0.25, -0.2) is 0 Å². The molecule has 0 atom stereocenters. The molecule has 3 rings (SSSR count). The summed E-state index contributed by atoms with van der Waals surface area (Å²) in [6.07, 6.45) is 4.42. The quantitative estimate of drug-likeness (QED) is 0.715. The minimum absolute atomic E-state index is 0.205. The maximum atomic E-state index is 10.8. The third-order valence-electron chi connectivity index (χ3n) is 4.45. The maximum absolute atomic E-state index is 10.8. The summed E-state index contributed by atoms with van der Waals surface area (Å²) in [5, 5.41) is 0. The number of hydrogen-bond donors (Lipinski definition) is 0. The molecule has 0 N–H and O–H groups in total. The molecule has 0 spiro atoms. The molecule has 26 heavy (non-hydrogen) atoms. The first-order valence-corrected chi connectivity index (χ1v) is 9.06. The molecule has 1 aliphatic rings. The average Bonchev–Trinajstić information content (AvgIpc) is 3.10. The van der Waals surface area contributed by atoms with Crippen molar-refractivity contribution in [3.8, 4) is 0 Å². The molecule has 2 aromatic rings. The van der Waals surface area contributed by atoms with Crippen LogP contribution in [0.2, 0.25) is 0 Å². The first kappa shape index (κ1) is 18.4. The molecule has 5 nitrogen and oxygen atoms in total. The monoisotopic (exact) mass is 354 g/mol. The summed E-state index contributed by atoms with van der Waals surface area (Å²) >= 11 is 0. The molecule has 0 radical (unpaired) electrons. The van der Waals surface area contributed by atoms with Crippen molar-refractivity contribution in [2.24, 2.45) is 0 Å². The fourth-order valence-electron chi connectivity index (χ4n) is 3.01. The van der Waals surface area contributed by atoms with E-state index in [9.17, 15) is 4.79 Å². The van der Waals surface area contributed by atoms with Gasteiger partial charge in [-0.2, -0.15) is 0 Å². The third-order valence-corrected chi connectivity index (χ3v) is 4.45. The summed E-state index contributed by atoms with van der Waals surface area (Å²) in [6, 6.07) is 14.2. The molecule has 138 valence electrons. The van der Waals surface area contributed by atoms with Crippen LogP contribution in [0, 0.1) is 0 Å². The summed E-state index contributed by atoms with van der Waals surface area (Å²) in [5.41, 5.74) is 1.24. The predicted octanol–water partition coefficient (Wildman–Crippen LogP) is 3.17. The second-order valence-corrected chi connectivity index (χ2v) is 6.54. The van der Waals surface area contributed by atoms with E-state index in [-0.39, 0.29) is 12.6 Å². The Morgan fingerprint density at radius 2 is 1.73 bits per heavy atom. The van der Waals surface area contributed by atoms with Crippen LogP contribution in [0.3, 0.4) is 0 Å². The molecule has 5 heteroatoms. The molecule has 2 heterocycles. The van der Waals surface area contributed by atoms with Crippen molar-refractivity contribution in [3.63, 3.8) is 0 Å². The highest BCUT2D eigenvalue weighted by Crippen LogP contribution is 2.13. The highest BCUT2D eigenvalue weighted by atomic mass is 16.5. The first-order valence-electron chi connectivity index (χ1n) is 9.06. The number of esters is 1. The predicted molar refractivity (Wildman–Crippen MR) is 101 cm³/mol. The zero-order valence-electron chi connectivity index (χ0n) is 15.3. The lowest BCUT2D eigenvalue weighted by Crippen LogP contribution is -2.45. The molecular weight excluding hydrogens is 328 g/mol. The van der Waals surface area contributed by atoms with E-state index in [2.05, 4.69) is 46.2 Å². The highest BCUT2D eigenvalue weighted by Gasteiger charge is 2.17. The van der Waals surface area contributed by atoms with Crippen LogP contribution in [0.1, 0.15) is 24.0 Å². The number of benzene rings is 1. The second kappa shape index (κ2) is 9.36. The van der Waals surface area contributed by atoms with Crippen LogP contribution >= 0.6 is 0 Å². The second-order valence-electron chi connectivity index (χ2n) is 6.54. The fraction of sp³-hybridized carbons (Fsp3) is 0.381. The number of carbonyl (C=O) groups is 1. The Labute approximate surface area is 154 Å². The summed E-state index contributed by atoms with van der Waals surface area (Å²) in [5.74, 6) is 1.32. The van der Waals surface area contributed by atoms with Crippen LogP contribution in [0.25, 0.3) is 6.08 Å². The topological polar surface area (TPSA) is 45.9 Å². The molecule has 1 saturated heterocycles. The van der Waals surface area contributed by atoms with Gasteiger partial charge in [0, 0.05) is 39.6 Å². The lowest BCUT2D eigenvalue weighted by atomic mass is 10.2. The van der Waals surface area contributed by atoms with E-state index < -0.39 is 0 Å². The number of ether oxygens (including phenoxy) is 1. The number of hydrogen-bond acceptors (Lipinski definition) is 5. The van der Waals surface area contributed by atoms with Gasteiger partial charge in [-0.15, -0.1) is 0 Å². The maximum Gasteiger partial charge on any atom is 0.303 e. The summed E-state index contributed by atoms with van der Waals surface area (Å²) < 4.78 is 10.7. The van der Waals surface area contributed by atoms with Crippen molar-refractivity contribution in [2.75, 3.05) is 32.7 Å². The Morgan fingerprint density at radius 3 is 2.46 bits per heavy atom. The van der Waals surface area contributed by atoms with Crippen LogP contribution in [-0.4, -0.2) is 48.5 Å². The minimum Gasteiger partial charge on any atom is -0.461 e. The van der Waals surface area contributed by atoms with E-state index in [1.807, 2.05) is 18.2 Å². The van der Waals surface area contributed by atoms with E-state index in [0.29, 0.717) is 5.76 Å². The standard InChI is InChI=1S/C21H26N2O3/c1-18(24)25-17-21-10-9-20(26-21)16-23-14-12-22(13-15-23)11-5-8-19-6-3-2-4-7-19/h2-10H,11-17H2,1H3.